The van der Waals surface area contributed by atoms with E-state index >= 15 is 0 Å². The summed E-state index contributed by atoms with van der Waals surface area (Å²) in [6.07, 6.45) is -3.28. The molecule has 0 amide bonds. The lowest BCUT2D eigenvalue weighted by atomic mass is 9.92. The van der Waals surface area contributed by atoms with E-state index in [1.807, 2.05) is 6.07 Å². The molecular formula is C31H30F6N6O3S. The summed E-state index contributed by atoms with van der Waals surface area (Å²) in [5, 5.41) is 14.9. The molecule has 0 unspecified atom stereocenters. The lowest BCUT2D eigenvalue weighted by molar-refractivity contribution is -0.388. The molecular weight excluding hydrogens is 650 g/mol. The third kappa shape index (κ3) is 7.87. The van der Waals surface area contributed by atoms with Crippen LogP contribution in [-0.4, -0.2) is 58.1 Å². The van der Waals surface area contributed by atoms with Crippen molar-refractivity contribution in [3.8, 4) is 5.75 Å². The van der Waals surface area contributed by atoms with Crippen molar-refractivity contribution in [3.63, 3.8) is 0 Å². The van der Waals surface area contributed by atoms with Gasteiger partial charge >= 0.3 is 12.4 Å². The monoisotopic (exact) mass is 680 g/mol. The van der Waals surface area contributed by atoms with E-state index in [2.05, 4.69) is 25.1 Å². The second kappa shape index (κ2) is 13.1. The van der Waals surface area contributed by atoms with Gasteiger partial charge in [0.15, 0.2) is 0 Å². The summed E-state index contributed by atoms with van der Waals surface area (Å²) in [7, 11) is 0. The molecule has 2 aromatic heterocycles. The number of anilines is 2. The number of alkyl halides is 6. The Labute approximate surface area is 269 Å². The smallest absolute Gasteiger partial charge is 0.423 e. The van der Waals surface area contributed by atoms with Crippen LogP contribution in [0.4, 0.5) is 43.4 Å². The van der Waals surface area contributed by atoms with Crippen LogP contribution in [0.2, 0.25) is 0 Å². The number of nitro groups is 1. The second-order valence-electron chi connectivity index (χ2n) is 11.7. The Morgan fingerprint density at radius 3 is 2.36 bits per heavy atom. The number of nitrogens with one attached hydrogen (secondary N) is 1. The van der Waals surface area contributed by atoms with Crippen LogP contribution < -0.4 is 15.0 Å². The summed E-state index contributed by atoms with van der Waals surface area (Å²) in [6, 6.07) is 8.45. The third-order valence-electron chi connectivity index (χ3n) is 8.40. The Morgan fingerprint density at radius 2 is 1.68 bits per heavy atom. The average Bonchev–Trinajstić information content (AvgIpc) is 3.43. The number of hydrogen-bond donors (Lipinski definition) is 1. The summed E-state index contributed by atoms with van der Waals surface area (Å²) in [5.74, 6) is 0.624. The number of benzene rings is 2. The van der Waals surface area contributed by atoms with Crippen LogP contribution >= 0.6 is 11.3 Å². The molecule has 1 saturated carbocycles. The van der Waals surface area contributed by atoms with E-state index in [-0.39, 0.29) is 17.8 Å². The zero-order chi connectivity index (χ0) is 33.3. The maximum atomic E-state index is 13.4. The summed E-state index contributed by atoms with van der Waals surface area (Å²) in [6.45, 7) is 3.49. The number of halogens is 6. The molecule has 4 aromatic rings. The number of nitrogens with zero attached hydrogens (tertiary/aromatic N) is 5. The zero-order valence-electron chi connectivity index (χ0n) is 24.9. The number of thiazole rings is 1. The van der Waals surface area contributed by atoms with E-state index in [1.165, 1.54) is 23.5 Å². The van der Waals surface area contributed by atoms with Crippen molar-refractivity contribution >= 4 is 38.6 Å². The maximum Gasteiger partial charge on any atom is 0.423 e. The van der Waals surface area contributed by atoms with Crippen LogP contribution in [0.3, 0.4) is 0 Å². The molecule has 1 aliphatic carbocycles. The molecule has 16 heteroatoms. The Hall–Kier alpha value is -4.18. The Balaban J connectivity index is 0.985. The SMILES string of the molecule is O=[N+]([O-])c1ccc(N[C@H]2CC[C@H](Oc3cncc(N4CCN(Cc5nc6cc(C(F)(F)F)ccc6s5)CC4)c3)CC2)cc1C(F)(F)F. The van der Waals surface area contributed by atoms with E-state index in [0.29, 0.717) is 43.5 Å². The van der Waals surface area contributed by atoms with Crippen molar-refractivity contribution < 1.29 is 36.0 Å². The molecule has 250 valence electrons. The molecule has 2 aliphatic rings. The van der Waals surface area contributed by atoms with Crippen LogP contribution in [0.5, 0.6) is 5.75 Å². The van der Waals surface area contributed by atoms with Crippen molar-refractivity contribution in [3.05, 3.63) is 81.1 Å². The van der Waals surface area contributed by atoms with Crippen molar-refractivity contribution in [2.75, 3.05) is 36.4 Å². The van der Waals surface area contributed by atoms with E-state index in [0.717, 1.165) is 65.8 Å². The molecule has 47 heavy (non-hydrogen) atoms. The molecule has 9 nitrogen and oxygen atoms in total. The van der Waals surface area contributed by atoms with Gasteiger partial charge in [-0.1, -0.05) is 0 Å². The fourth-order valence-corrected chi connectivity index (χ4v) is 6.97. The van der Waals surface area contributed by atoms with Gasteiger partial charge in [0.25, 0.3) is 5.69 Å². The summed E-state index contributed by atoms with van der Waals surface area (Å²) in [4.78, 5) is 23.2. The van der Waals surface area contributed by atoms with Gasteiger partial charge in [-0.15, -0.1) is 11.3 Å². The molecule has 0 bridgehead atoms. The number of aromatic nitrogens is 2. The van der Waals surface area contributed by atoms with Crippen molar-refractivity contribution in [2.24, 2.45) is 0 Å². The van der Waals surface area contributed by atoms with Gasteiger partial charge in [0, 0.05) is 50.0 Å². The molecule has 1 saturated heterocycles. The first-order chi connectivity index (χ1) is 22.3. The predicted molar refractivity (Wildman–Crippen MR) is 165 cm³/mol. The third-order valence-corrected chi connectivity index (χ3v) is 9.42. The van der Waals surface area contributed by atoms with Crippen LogP contribution in [0.15, 0.2) is 54.9 Å². The Bertz CT molecular complexity index is 1730. The first-order valence-corrected chi connectivity index (χ1v) is 15.8. The molecule has 0 spiro atoms. The zero-order valence-corrected chi connectivity index (χ0v) is 25.7. The van der Waals surface area contributed by atoms with Gasteiger partial charge in [0.2, 0.25) is 0 Å². The summed E-state index contributed by atoms with van der Waals surface area (Å²) in [5.41, 5.74) is -1.51. The molecule has 2 aromatic carbocycles. The van der Waals surface area contributed by atoms with Gasteiger partial charge < -0.3 is 15.0 Å². The van der Waals surface area contributed by atoms with Gasteiger partial charge in [-0.2, -0.15) is 26.3 Å². The summed E-state index contributed by atoms with van der Waals surface area (Å²) >= 11 is 1.40. The van der Waals surface area contributed by atoms with E-state index in [1.54, 1.807) is 12.4 Å². The number of rotatable bonds is 8. The van der Waals surface area contributed by atoms with Gasteiger partial charge in [-0.3, -0.25) is 20.0 Å². The maximum absolute atomic E-state index is 13.4. The fraction of sp³-hybridized carbons (Fsp3) is 0.419. The van der Waals surface area contributed by atoms with Crippen LogP contribution in [0.25, 0.3) is 10.2 Å². The van der Waals surface area contributed by atoms with E-state index in [9.17, 15) is 36.5 Å². The highest BCUT2D eigenvalue weighted by molar-refractivity contribution is 7.18. The number of piperazine rings is 1. The molecule has 2 fully saturated rings. The van der Waals surface area contributed by atoms with Crippen LogP contribution in [0.1, 0.15) is 41.8 Å². The number of nitro benzene ring substituents is 1. The molecule has 0 atom stereocenters. The highest BCUT2D eigenvalue weighted by Crippen LogP contribution is 2.38. The minimum absolute atomic E-state index is 0.0921. The topological polar surface area (TPSA) is 96.7 Å². The minimum atomic E-state index is -4.84. The van der Waals surface area contributed by atoms with E-state index < -0.39 is 34.1 Å². The normalized spacial score (nSPS) is 19.6. The van der Waals surface area contributed by atoms with Gasteiger partial charge in [-0.05, 0) is 56.0 Å². The highest BCUT2D eigenvalue weighted by atomic mass is 32.1. The molecule has 3 heterocycles. The first kappa shape index (κ1) is 32.7. The summed E-state index contributed by atoms with van der Waals surface area (Å²) < 4.78 is 86.2. The first-order valence-electron chi connectivity index (χ1n) is 15.0. The fourth-order valence-electron chi connectivity index (χ4n) is 5.98. The van der Waals surface area contributed by atoms with Crippen molar-refractivity contribution in [2.45, 2.75) is 56.7 Å². The van der Waals surface area contributed by atoms with Gasteiger partial charge in [0.05, 0.1) is 51.4 Å². The van der Waals surface area contributed by atoms with E-state index in [4.69, 9.17) is 4.74 Å². The lowest BCUT2D eigenvalue weighted by Gasteiger charge is -2.35. The number of pyridine rings is 1. The molecule has 0 radical (unpaired) electrons. The number of fused-ring (bicyclic) bond motifs is 1. The Kier molecular flexibility index (Phi) is 9.16. The van der Waals surface area contributed by atoms with Crippen LogP contribution in [0, 0.1) is 10.1 Å². The largest absolute Gasteiger partial charge is 0.489 e. The number of hydrogen-bond acceptors (Lipinski definition) is 9. The van der Waals surface area contributed by atoms with Gasteiger partial charge in [-0.25, -0.2) is 4.98 Å². The van der Waals surface area contributed by atoms with Gasteiger partial charge in [0.1, 0.15) is 16.3 Å². The molecule has 6 rings (SSSR count). The van der Waals surface area contributed by atoms with Crippen LogP contribution in [-0.2, 0) is 18.9 Å². The Morgan fingerprint density at radius 1 is 0.936 bits per heavy atom. The average molecular weight is 681 g/mol. The molecule has 1 aliphatic heterocycles. The standard InChI is InChI=1S/C31H30F6N6O3S/c32-30(33,34)19-1-8-28-26(13-19)40-29(47-28)18-41-9-11-42(12-10-41)22-15-24(17-38-16-22)46-23-5-2-20(3-6-23)39-21-4-7-27(43(44)45)25(14-21)31(35,36)37/h1,4,7-8,13-17,20,23,39H,2-3,5-6,9-12,18H2/t20-,23-. The second-order valence-corrected chi connectivity index (χ2v) is 12.8. The van der Waals surface area contributed by atoms with Crippen molar-refractivity contribution in [1.82, 2.24) is 14.9 Å². The number of ether oxygens (including phenoxy) is 1. The van der Waals surface area contributed by atoms with Crippen molar-refractivity contribution in [1.29, 1.82) is 0 Å². The lowest BCUT2D eigenvalue weighted by Crippen LogP contribution is -2.46. The predicted octanol–water partition coefficient (Wildman–Crippen LogP) is 7.76. The quantitative estimate of drug-likeness (QED) is 0.115. The highest BCUT2D eigenvalue weighted by Gasteiger charge is 2.38. The molecule has 1 N–H and O–H groups in total. The minimum Gasteiger partial charge on any atom is -0.489 e.